The summed E-state index contributed by atoms with van der Waals surface area (Å²) < 4.78 is 33.0. The predicted octanol–water partition coefficient (Wildman–Crippen LogP) is 2.90. The van der Waals surface area contributed by atoms with Crippen LogP contribution in [0.5, 0.6) is 0 Å². The molecule has 0 unspecified atom stereocenters. The van der Waals surface area contributed by atoms with Crippen molar-refractivity contribution in [3.63, 3.8) is 0 Å². The topological polar surface area (TPSA) is 117 Å². The van der Waals surface area contributed by atoms with Gasteiger partial charge in [-0.3, -0.25) is 9.59 Å². The number of amides is 1. The molecule has 9 heteroatoms. The maximum atomic E-state index is 13.4. The molecule has 0 atom stereocenters. The predicted molar refractivity (Wildman–Crippen MR) is 128 cm³/mol. The SMILES string of the molecule is N#CC1(NC(=O)COC(=O)C2(c3ccccc3)CCN(S(=O)(=O)c3ccccc3)CC2)CCCC1. The quantitative estimate of drug-likeness (QED) is 0.591. The smallest absolute Gasteiger partial charge is 0.317 e. The summed E-state index contributed by atoms with van der Waals surface area (Å²) in [5.41, 5.74) is -1.23. The second-order valence-corrected chi connectivity index (χ2v) is 11.1. The summed E-state index contributed by atoms with van der Waals surface area (Å²) in [5, 5.41) is 12.2. The summed E-state index contributed by atoms with van der Waals surface area (Å²) >= 11 is 0. The number of ether oxygens (including phenoxy) is 1. The van der Waals surface area contributed by atoms with Crippen LogP contribution in [0.4, 0.5) is 0 Å². The fourth-order valence-electron chi connectivity index (χ4n) is 5.03. The Labute approximate surface area is 205 Å². The van der Waals surface area contributed by atoms with Crippen LogP contribution in [0.15, 0.2) is 65.6 Å². The van der Waals surface area contributed by atoms with Crippen molar-refractivity contribution in [3.8, 4) is 6.07 Å². The average molecular weight is 496 g/mol. The number of nitrogens with one attached hydrogen (secondary N) is 1. The third-order valence-corrected chi connectivity index (χ3v) is 8.97. The highest BCUT2D eigenvalue weighted by atomic mass is 32.2. The van der Waals surface area contributed by atoms with E-state index in [-0.39, 0.29) is 30.8 Å². The number of esters is 1. The lowest BCUT2D eigenvalue weighted by Gasteiger charge is -2.39. The molecular formula is C26H29N3O5S. The highest BCUT2D eigenvalue weighted by Gasteiger charge is 2.46. The Kier molecular flexibility index (Phi) is 7.24. The molecule has 8 nitrogen and oxygen atoms in total. The minimum absolute atomic E-state index is 0.144. The lowest BCUT2D eigenvalue weighted by atomic mass is 9.73. The van der Waals surface area contributed by atoms with E-state index >= 15 is 0 Å². The second-order valence-electron chi connectivity index (χ2n) is 9.19. The molecule has 0 spiro atoms. The Morgan fingerprint density at radius 1 is 0.943 bits per heavy atom. The van der Waals surface area contributed by atoms with Gasteiger partial charge in [0.15, 0.2) is 6.61 Å². The van der Waals surface area contributed by atoms with E-state index in [1.807, 2.05) is 30.3 Å². The van der Waals surface area contributed by atoms with Crippen LogP contribution in [-0.4, -0.2) is 49.8 Å². The lowest BCUT2D eigenvalue weighted by molar-refractivity contribution is -0.156. The van der Waals surface area contributed by atoms with E-state index in [1.165, 1.54) is 4.31 Å². The molecule has 1 aliphatic carbocycles. The highest BCUT2D eigenvalue weighted by molar-refractivity contribution is 7.89. The molecule has 1 saturated carbocycles. The lowest BCUT2D eigenvalue weighted by Crippen LogP contribution is -2.51. The molecule has 2 aromatic rings. The summed E-state index contributed by atoms with van der Waals surface area (Å²) in [6.45, 7) is -0.196. The number of carbonyl (C=O) groups is 2. The van der Waals surface area contributed by atoms with Crippen molar-refractivity contribution in [3.05, 3.63) is 66.2 Å². The van der Waals surface area contributed by atoms with Crippen LogP contribution in [-0.2, 0) is 29.8 Å². The zero-order valence-electron chi connectivity index (χ0n) is 19.5. The summed E-state index contributed by atoms with van der Waals surface area (Å²) in [5.74, 6) is -1.07. The molecule has 0 aromatic heterocycles. The zero-order chi connectivity index (χ0) is 24.9. The first kappa shape index (κ1) is 24.9. The number of sulfonamides is 1. The number of nitriles is 1. The number of nitrogens with zero attached hydrogens (tertiary/aromatic N) is 2. The van der Waals surface area contributed by atoms with Crippen molar-refractivity contribution in [2.45, 2.75) is 54.4 Å². The molecule has 1 saturated heterocycles. The van der Waals surface area contributed by atoms with Crippen LogP contribution in [0.2, 0.25) is 0 Å². The molecule has 1 N–H and O–H groups in total. The molecular weight excluding hydrogens is 466 g/mol. The van der Waals surface area contributed by atoms with Gasteiger partial charge in [0.1, 0.15) is 5.54 Å². The van der Waals surface area contributed by atoms with Crippen LogP contribution in [0, 0.1) is 11.3 Å². The van der Waals surface area contributed by atoms with Crippen LogP contribution in [0.25, 0.3) is 0 Å². The van der Waals surface area contributed by atoms with Crippen LogP contribution < -0.4 is 5.32 Å². The number of piperidine rings is 1. The van der Waals surface area contributed by atoms with Crippen LogP contribution in [0.3, 0.4) is 0 Å². The van der Waals surface area contributed by atoms with E-state index in [1.54, 1.807) is 30.3 Å². The van der Waals surface area contributed by atoms with Gasteiger partial charge in [0.05, 0.1) is 16.4 Å². The molecule has 184 valence electrons. The van der Waals surface area contributed by atoms with Gasteiger partial charge >= 0.3 is 5.97 Å². The van der Waals surface area contributed by atoms with Gasteiger partial charge in [-0.05, 0) is 56.2 Å². The third kappa shape index (κ3) is 5.09. The molecule has 1 aliphatic heterocycles. The Bertz CT molecular complexity index is 1190. The van der Waals surface area contributed by atoms with Crippen LogP contribution in [0.1, 0.15) is 44.1 Å². The van der Waals surface area contributed by atoms with Crippen molar-refractivity contribution in [1.29, 1.82) is 5.26 Å². The van der Waals surface area contributed by atoms with Gasteiger partial charge in [-0.15, -0.1) is 0 Å². The maximum Gasteiger partial charge on any atom is 0.317 e. The van der Waals surface area contributed by atoms with E-state index in [2.05, 4.69) is 11.4 Å². The van der Waals surface area contributed by atoms with E-state index in [0.717, 1.165) is 18.4 Å². The Hall–Kier alpha value is -3.22. The first-order valence-electron chi connectivity index (χ1n) is 11.8. The normalized spacial score (nSPS) is 19.4. The molecule has 0 radical (unpaired) electrons. The van der Waals surface area contributed by atoms with Crippen molar-refractivity contribution >= 4 is 21.9 Å². The van der Waals surface area contributed by atoms with E-state index in [0.29, 0.717) is 12.8 Å². The Morgan fingerprint density at radius 3 is 2.09 bits per heavy atom. The van der Waals surface area contributed by atoms with Gasteiger partial charge in [0.2, 0.25) is 10.0 Å². The highest BCUT2D eigenvalue weighted by Crippen LogP contribution is 2.38. The van der Waals surface area contributed by atoms with Gasteiger partial charge in [-0.2, -0.15) is 9.57 Å². The average Bonchev–Trinajstić information content (AvgIpc) is 3.37. The number of rotatable bonds is 7. The van der Waals surface area contributed by atoms with E-state index in [4.69, 9.17) is 4.74 Å². The molecule has 1 heterocycles. The molecule has 2 fully saturated rings. The van der Waals surface area contributed by atoms with Crippen molar-refractivity contribution < 1.29 is 22.7 Å². The van der Waals surface area contributed by atoms with Crippen molar-refractivity contribution in [2.24, 2.45) is 0 Å². The fraction of sp³-hybridized carbons (Fsp3) is 0.423. The van der Waals surface area contributed by atoms with Gasteiger partial charge in [0, 0.05) is 13.1 Å². The third-order valence-electron chi connectivity index (χ3n) is 7.06. The zero-order valence-corrected chi connectivity index (χ0v) is 20.3. The summed E-state index contributed by atoms with van der Waals surface area (Å²) in [4.78, 5) is 26.1. The maximum absolute atomic E-state index is 13.4. The van der Waals surface area contributed by atoms with Crippen molar-refractivity contribution in [1.82, 2.24) is 9.62 Å². The molecule has 4 rings (SSSR count). The van der Waals surface area contributed by atoms with Gasteiger partial charge in [-0.25, -0.2) is 8.42 Å². The first-order chi connectivity index (χ1) is 16.8. The number of benzene rings is 2. The molecule has 35 heavy (non-hydrogen) atoms. The fourth-order valence-corrected chi connectivity index (χ4v) is 6.50. The van der Waals surface area contributed by atoms with Gasteiger partial charge in [-0.1, -0.05) is 48.5 Å². The van der Waals surface area contributed by atoms with Crippen LogP contribution >= 0.6 is 0 Å². The van der Waals surface area contributed by atoms with Gasteiger partial charge in [0.25, 0.3) is 5.91 Å². The number of hydrogen-bond donors (Lipinski definition) is 1. The van der Waals surface area contributed by atoms with E-state index < -0.39 is 39.5 Å². The number of hydrogen-bond acceptors (Lipinski definition) is 6. The van der Waals surface area contributed by atoms with E-state index in [9.17, 15) is 23.3 Å². The summed E-state index contributed by atoms with van der Waals surface area (Å²) in [7, 11) is -3.68. The van der Waals surface area contributed by atoms with Crippen molar-refractivity contribution in [2.75, 3.05) is 19.7 Å². The summed E-state index contributed by atoms with van der Waals surface area (Å²) in [6.07, 6.45) is 3.36. The largest absolute Gasteiger partial charge is 0.455 e. The minimum atomic E-state index is -3.68. The summed E-state index contributed by atoms with van der Waals surface area (Å²) in [6, 6.07) is 19.5. The second kappa shape index (κ2) is 10.2. The Morgan fingerprint density at radius 2 is 1.51 bits per heavy atom. The molecule has 1 amide bonds. The molecule has 2 aromatic carbocycles. The molecule has 2 aliphatic rings. The standard InChI is InChI=1S/C26H29N3O5S/c27-20-25(13-7-8-14-25)28-23(30)19-34-24(31)26(21-9-3-1-4-10-21)15-17-29(18-16-26)35(32,33)22-11-5-2-6-12-22/h1-6,9-12H,7-8,13-19H2,(H,28,30). The minimum Gasteiger partial charge on any atom is -0.455 e. The number of carbonyl (C=O) groups excluding carboxylic acids is 2. The van der Waals surface area contributed by atoms with Gasteiger partial charge < -0.3 is 10.1 Å². The molecule has 0 bridgehead atoms. The monoisotopic (exact) mass is 495 g/mol. The Balaban J connectivity index is 1.48. The first-order valence-corrected chi connectivity index (χ1v) is 13.3.